The van der Waals surface area contributed by atoms with E-state index < -0.39 is 27.8 Å². The Kier molecular flexibility index (Phi) is 6.29. The zero-order valence-corrected chi connectivity index (χ0v) is 21.1. The number of hydrogen-bond acceptors (Lipinski definition) is 8. The summed E-state index contributed by atoms with van der Waals surface area (Å²) < 4.78 is 47.0. The van der Waals surface area contributed by atoms with Gasteiger partial charge < -0.3 is 20.4 Å². The number of aromatic nitrogens is 5. The molecule has 1 atom stereocenters. The zero-order valence-electron chi connectivity index (χ0n) is 20.3. The van der Waals surface area contributed by atoms with Gasteiger partial charge in [0.25, 0.3) is 5.88 Å². The van der Waals surface area contributed by atoms with Crippen molar-refractivity contribution in [2.75, 3.05) is 30.5 Å². The maximum Gasteiger partial charge on any atom is 0.256 e. The van der Waals surface area contributed by atoms with E-state index >= 15 is 0 Å². The first-order valence-electron chi connectivity index (χ1n) is 11.4. The van der Waals surface area contributed by atoms with Gasteiger partial charge in [-0.2, -0.15) is 4.31 Å². The number of hydrogen-bond donors (Lipinski definition) is 3. The molecule has 12 nitrogen and oxygen atoms in total. The number of carbonyl (C=O) groups is 1. The molecule has 0 unspecified atom stereocenters. The number of halogens is 1. The number of nitrogens with one attached hydrogen (secondary N) is 3. The van der Waals surface area contributed by atoms with Crippen LogP contribution in [0.4, 0.5) is 21.7 Å². The average molecular weight is 529 g/mol. The van der Waals surface area contributed by atoms with E-state index in [0.717, 1.165) is 12.5 Å². The van der Waals surface area contributed by atoms with Gasteiger partial charge in [-0.1, -0.05) is 12.1 Å². The molecule has 1 saturated heterocycles. The van der Waals surface area contributed by atoms with Crippen molar-refractivity contribution in [3.63, 3.8) is 0 Å². The van der Waals surface area contributed by atoms with Crippen molar-refractivity contribution in [2.24, 2.45) is 7.05 Å². The molecule has 0 aliphatic carbocycles. The lowest BCUT2D eigenvalue weighted by Gasteiger charge is -2.21. The Balaban J connectivity index is 1.45. The SMILES string of the molecule is COc1nn(C)cc1Nc1ncc(F)c(-c2c[nH]c3c(NC(=O)[C@@H]4CCCN4S(C)(=O)=O)cccc23)n1. The van der Waals surface area contributed by atoms with E-state index in [2.05, 4.69) is 30.7 Å². The molecule has 0 bridgehead atoms. The van der Waals surface area contributed by atoms with E-state index in [-0.39, 0.29) is 11.6 Å². The molecule has 1 amide bonds. The highest BCUT2D eigenvalue weighted by Gasteiger charge is 2.36. The van der Waals surface area contributed by atoms with Gasteiger partial charge in [-0.3, -0.25) is 9.48 Å². The lowest BCUT2D eigenvalue weighted by atomic mass is 10.1. The van der Waals surface area contributed by atoms with Gasteiger partial charge in [-0.15, -0.1) is 5.10 Å². The summed E-state index contributed by atoms with van der Waals surface area (Å²) in [6, 6.07) is 4.40. The van der Waals surface area contributed by atoms with Crippen molar-refractivity contribution in [1.29, 1.82) is 0 Å². The summed E-state index contributed by atoms with van der Waals surface area (Å²) >= 11 is 0. The molecule has 4 aromatic rings. The third kappa shape index (κ3) is 4.72. The Hall–Kier alpha value is -4.04. The molecular weight excluding hydrogens is 503 g/mol. The summed E-state index contributed by atoms with van der Waals surface area (Å²) in [5.41, 5.74) is 2.03. The monoisotopic (exact) mass is 528 g/mol. The number of H-pyrrole nitrogens is 1. The molecule has 0 spiro atoms. The maximum atomic E-state index is 14.9. The number of aryl methyl sites for hydroxylation is 1. The summed E-state index contributed by atoms with van der Waals surface area (Å²) in [5, 5.41) is 10.6. The molecule has 37 heavy (non-hydrogen) atoms. The second kappa shape index (κ2) is 9.44. The van der Waals surface area contributed by atoms with Crippen LogP contribution in [0.1, 0.15) is 12.8 Å². The van der Waals surface area contributed by atoms with Crippen LogP contribution in [-0.2, 0) is 21.9 Å². The van der Waals surface area contributed by atoms with Gasteiger partial charge in [0.15, 0.2) is 5.82 Å². The predicted molar refractivity (Wildman–Crippen MR) is 136 cm³/mol. The summed E-state index contributed by atoms with van der Waals surface area (Å²) in [4.78, 5) is 24.5. The molecular formula is C23H25FN8O4S. The molecule has 3 aromatic heterocycles. The van der Waals surface area contributed by atoms with Gasteiger partial charge in [0.1, 0.15) is 17.4 Å². The number of anilines is 3. The van der Waals surface area contributed by atoms with Crippen LogP contribution in [0.3, 0.4) is 0 Å². The molecule has 1 aliphatic rings. The first-order chi connectivity index (χ1) is 17.7. The van der Waals surface area contributed by atoms with Gasteiger partial charge in [0, 0.05) is 30.7 Å². The van der Waals surface area contributed by atoms with E-state index in [1.54, 1.807) is 42.3 Å². The molecule has 1 fully saturated rings. The largest absolute Gasteiger partial charge is 0.478 e. The fourth-order valence-corrected chi connectivity index (χ4v) is 5.64. The number of benzene rings is 1. The molecule has 194 valence electrons. The Bertz CT molecular complexity index is 1600. The Morgan fingerprint density at radius 1 is 1.30 bits per heavy atom. The van der Waals surface area contributed by atoms with E-state index in [0.29, 0.717) is 53.1 Å². The average Bonchev–Trinajstić information content (AvgIpc) is 3.58. The number of fused-ring (bicyclic) bond motifs is 1. The van der Waals surface area contributed by atoms with Crippen molar-refractivity contribution < 1.29 is 22.3 Å². The highest BCUT2D eigenvalue weighted by atomic mass is 32.2. The molecule has 4 heterocycles. The molecule has 3 N–H and O–H groups in total. The third-order valence-corrected chi connectivity index (χ3v) is 7.43. The van der Waals surface area contributed by atoms with E-state index in [1.807, 2.05) is 0 Å². The van der Waals surface area contributed by atoms with Crippen LogP contribution in [0.25, 0.3) is 22.2 Å². The molecule has 1 aromatic carbocycles. The minimum absolute atomic E-state index is 0.0501. The molecule has 0 radical (unpaired) electrons. The van der Waals surface area contributed by atoms with Crippen molar-refractivity contribution in [2.45, 2.75) is 18.9 Å². The number of aromatic amines is 1. The number of ether oxygens (including phenoxy) is 1. The van der Waals surface area contributed by atoms with Crippen LogP contribution in [-0.4, -0.2) is 69.3 Å². The zero-order chi connectivity index (χ0) is 26.3. The van der Waals surface area contributed by atoms with Crippen LogP contribution < -0.4 is 15.4 Å². The van der Waals surface area contributed by atoms with Gasteiger partial charge in [-0.25, -0.2) is 22.8 Å². The minimum Gasteiger partial charge on any atom is -0.478 e. The Labute approximate surface area is 211 Å². The van der Waals surface area contributed by atoms with Crippen LogP contribution >= 0.6 is 0 Å². The fourth-order valence-electron chi connectivity index (χ4n) is 4.51. The highest BCUT2D eigenvalue weighted by Crippen LogP contribution is 2.34. The number of para-hydroxylation sites is 1. The number of methoxy groups -OCH3 is 1. The summed E-state index contributed by atoms with van der Waals surface area (Å²) in [7, 11) is -0.290. The van der Waals surface area contributed by atoms with Gasteiger partial charge in [-0.05, 0) is 18.9 Å². The van der Waals surface area contributed by atoms with E-state index in [9.17, 15) is 17.6 Å². The van der Waals surface area contributed by atoms with Gasteiger partial charge in [0.05, 0.1) is 37.0 Å². The maximum absolute atomic E-state index is 14.9. The van der Waals surface area contributed by atoms with E-state index in [4.69, 9.17) is 4.74 Å². The molecule has 5 rings (SSSR count). The molecule has 14 heteroatoms. The van der Waals surface area contributed by atoms with Crippen molar-refractivity contribution >= 4 is 44.2 Å². The van der Waals surface area contributed by atoms with Crippen molar-refractivity contribution in [3.8, 4) is 17.1 Å². The number of amides is 1. The second-order valence-corrected chi connectivity index (χ2v) is 10.6. The van der Waals surface area contributed by atoms with Gasteiger partial charge in [0.2, 0.25) is 21.9 Å². The van der Waals surface area contributed by atoms with Crippen LogP contribution in [0.2, 0.25) is 0 Å². The minimum atomic E-state index is -3.51. The quantitative estimate of drug-likeness (QED) is 0.332. The van der Waals surface area contributed by atoms with Crippen LogP contribution in [0.5, 0.6) is 5.88 Å². The fraction of sp³-hybridized carbons (Fsp3) is 0.304. The van der Waals surface area contributed by atoms with E-state index in [1.165, 1.54) is 11.4 Å². The van der Waals surface area contributed by atoms with Gasteiger partial charge >= 0.3 is 0 Å². The number of sulfonamides is 1. The van der Waals surface area contributed by atoms with Crippen LogP contribution in [0, 0.1) is 5.82 Å². The summed E-state index contributed by atoms with van der Waals surface area (Å²) in [6.07, 6.45) is 6.49. The summed E-state index contributed by atoms with van der Waals surface area (Å²) in [5.74, 6) is -0.574. The topological polar surface area (TPSA) is 147 Å². The smallest absolute Gasteiger partial charge is 0.256 e. The Morgan fingerprint density at radius 3 is 2.86 bits per heavy atom. The van der Waals surface area contributed by atoms with Crippen molar-refractivity contribution in [1.82, 2.24) is 29.0 Å². The summed E-state index contributed by atoms with van der Waals surface area (Å²) in [6.45, 7) is 0.308. The number of rotatable bonds is 7. The second-order valence-electron chi connectivity index (χ2n) is 8.69. The first-order valence-corrected chi connectivity index (χ1v) is 13.3. The van der Waals surface area contributed by atoms with Crippen molar-refractivity contribution in [3.05, 3.63) is 42.6 Å². The lowest BCUT2D eigenvalue weighted by molar-refractivity contribution is -0.119. The normalized spacial score (nSPS) is 16.3. The standard InChI is InChI=1S/C23H25FN8O4S/c1-31-12-17(22(30-31)36-2)28-23-26-11-15(24)19(29-23)14-10-25-20-13(14)6-4-7-16(20)27-21(33)18-8-5-9-32(18)37(3,34)35/h4,6-7,10-12,18,25H,5,8-9H2,1-3H3,(H,27,33)(H,26,28,29)/t18-/m0/s1. The number of nitrogens with zero attached hydrogens (tertiary/aromatic N) is 5. The van der Waals surface area contributed by atoms with Crippen LogP contribution in [0.15, 0.2) is 36.8 Å². The first kappa shape index (κ1) is 24.6. The lowest BCUT2D eigenvalue weighted by Crippen LogP contribution is -2.42. The molecule has 1 aliphatic heterocycles. The number of carbonyl (C=O) groups excluding carboxylic acids is 1. The Morgan fingerprint density at radius 2 is 2.11 bits per heavy atom. The predicted octanol–water partition coefficient (Wildman–Crippen LogP) is 2.61. The molecule has 0 saturated carbocycles. The highest BCUT2D eigenvalue weighted by molar-refractivity contribution is 7.88. The third-order valence-electron chi connectivity index (χ3n) is 6.14.